The highest BCUT2D eigenvalue weighted by molar-refractivity contribution is 6.30. The monoisotopic (exact) mass is 291 g/mol. The van der Waals surface area contributed by atoms with Gasteiger partial charge in [0.15, 0.2) is 5.78 Å². The van der Waals surface area contributed by atoms with Crippen molar-refractivity contribution in [2.24, 2.45) is 11.8 Å². The zero-order valence-electron chi connectivity index (χ0n) is 11.8. The van der Waals surface area contributed by atoms with Crippen molar-refractivity contribution in [2.75, 3.05) is 0 Å². The summed E-state index contributed by atoms with van der Waals surface area (Å²) in [6.07, 6.45) is -0.0980. The van der Waals surface area contributed by atoms with Gasteiger partial charge in [0, 0.05) is 5.02 Å². The van der Waals surface area contributed by atoms with Crippen molar-refractivity contribution in [1.82, 2.24) is 0 Å². The number of benzene rings is 1. The van der Waals surface area contributed by atoms with E-state index in [0.29, 0.717) is 10.6 Å². The van der Waals surface area contributed by atoms with Crippen LogP contribution in [-0.2, 0) is 9.53 Å². The highest BCUT2D eigenvalue weighted by Gasteiger charge is 2.44. The van der Waals surface area contributed by atoms with Crippen molar-refractivity contribution in [1.29, 1.82) is 5.26 Å². The molecule has 5 atom stereocenters. The molecule has 4 heteroatoms. The van der Waals surface area contributed by atoms with Crippen LogP contribution in [0.5, 0.6) is 0 Å². The van der Waals surface area contributed by atoms with Crippen molar-refractivity contribution in [2.45, 2.75) is 38.9 Å². The molecule has 0 radical (unpaired) electrons. The van der Waals surface area contributed by atoms with Gasteiger partial charge in [-0.15, -0.1) is 0 Å². The van der Waals surface area contributed by atoms with Crippen LogP contribution in [0.25, 0.3) is 0 Å². The number of carbonyl (C=O) groups excluding carboxylic acids is 1. The highest BCUT2D eigenvalue weighted by atomic mass is 35.5. The maximum atomic E-state index is 12.7. The van der Waals surface area contributed by atoms with Crippen molar-refractivity contribution >= 4 is 17.4 Å². The van der Waals surface area contributed by atoms with Crippen molar-refractivity contribution in [3.8, 4) is 6.07 Å². The Morgan fingerprint density at radius 2 is 1.85 bits per heavy atom. The van der Waals surface area contributed by atoms with Crippen LogP contribution >= 0.6 is 11.6 Å². The Hall–Kier alpha value is -1.37. The van der Waals surface area contributed by atoms with Crippen LogP contribution in [0.3, 0.4) is 0 Å². The van der Waals surface area contributed by atoms with Gasteiger partial charge in [-0.3, -0.25) is 4.79 Å². The second-order valence-electron chi connectivity index (χ2n) is 5.45. The molecule has 1 aromatic rings. The van der Waals surface area contributed by atoms with Gasteiger partial charge < -0.3 is 4.74 Å². The topological polar surface area (TPSA) is 50.1 Å². The highest BCUT2D eigenvalue weighted by Crippen LogP contribution is 2.36. The van der Waals surface area contributed by atoms with E-state index < -0.39 is 5.92 Å². The smallest absolute Gasteiger partial charge is 0.160 e. The summed E-state index contributed by atoms with van der Waals surface area (Å²) in [5.41, 5.74) is 0.695. The van der Waals surface area contributed by atoms with Gasteiger partial charge in [0.2, 0.25) is 0 Å². The van der Waals surface area contributed by atoms with E-state index in [9.17, 15) is 10.1 Å². The van der Waals surface area contributed by atoms with Crippen LogP contribution in [0, 0.1) is 23.2 Å². The molecule has 0 bridgehead atoms. The fraction of sp³-hybridized carbons (Fsp3) is 0.500. The van der Waals surface area contributed by atoms with E-state index in [2.05, 4.69) is 6.07 Å². The van der Waals surface area contributed by atoms with Crippen molar-refractivity contribution < 1.29 is 9.53 Å². The minimum Gasteiger partial charge on any atom is -0.375 e. The summed E-state index contributed by atoms with van der Waals surface area (Å²) in [5, 5.41) is 9.97. The number of hydrogen-bond donors (Lipinski definition) is 0. The number of nitriles is 1. The van der Waals surface area contributed by atoms with E-state index >= 15 is 0 Å². The van der Waals surface area contributed by atoms with E-state index in [4.69, 9.17) is 16.3 Å². The summed E-state index contributed by atoms with van der Waals surface area (Å²) < 4.78 is 5.71. The molecule has 1 heterocycles. The lowest BCUT2D eigenvalue weighted by atomic mass is 9.79. The Morgan fingerprint density at radius 3 is 2.30 bits per heavy atom. The largest absolute Gasteiger partial charge is 0.375 e. The average Bonchev–Trinajstić information content (AvgIpc) is 2.66. The standard InChI is InChI=1S/C16H18ClNO2/c1-9-10(2)20-11(3)15(9)16(19)14(8-18)12-4-6-13(17)7-5-12/h4-7,9-11,14-15H,1-3H3. The predicted octanol–water partition coefficient (Wildman–Crippen LogP) is 3.58. The number of Topliss-reactive ketones (excluding diaryl/α,β-unsaturated/α-hetero) is 1. The van der Waals surface area contributed by atoms with Crippen molar-refractivity contribution in [3.63, 3.8) is 0 Å². The molecule has 3 nitrogen and oxygen atoms in total. The van der Waals surface area contributed by atoms with Crippen LogP contribution in [0.1, 0.15) is 32.3 Å². The summed E-state index contributed by atoms with van der Waals surface area (Å²) in [6, 6.07) is 9.01. The first kappa shape index (κ1) is 15.0. The average molecular weight is 292 g/mol. The molecule has 0 saturated carbocycles. The third-order valence-electron chi connectivity index (χ3n) is 4.19. The summed E-state index contributed by atoms with van der Waals surface area (Å²) in [7, 11) is 0. The molecule has 1 aliphatic heterocycles. The number of ketones is 1. The first-order valence-electron chi connectivity index (χ1n) is 6.80. The molecule has 0 aliphatic carbocycles. The van der Waals surface area contributed by atoms with Gasteiger partial charge >= 0.3 is 0 Å². The first-order valence-corrected chi connectivity index (χ1v) is 7.17. The fourth-order valence-corrected chi connectivity index (χ4v) is 3.03. The molecule has 2 rings (SSSR count). The van der Waals surface area contributed by atoms with Gasteiger partial charge in [-0.25, -0.2) is 0 Å². The molecular weight excluding hydrogens is 274 g/mol. The summed E-state index contributed by atoms with van der Waals surface area (Å²) in [6.45, 7) is 5.88. The predicted molar refractivity (Wildman–Crippen MR) is 77.5 cm³/mol. The lowest BCUT2D eigenvalue weighted by Gasteiger charge is -2.20. The van der Waals surface area contributed by atoms with E-state index in [1.807, 2.05) is 20.8 Å². The Kier molecular flexibility index (Phi) is 4.47. The molecule has 0 aromatic heterocycles. The summed E-state index contributed by atoms with van der Waals surface area (Å²) in [5.74, 6) is -0.916. The second kappa shape index (κ2) is 5.95. The van der Waals surface area contributed by atoms with Gasteiger partial charge in [0.05, 0.1) is 24.2 Å². The lowest BCUT2D eigenvalue weighted by Crippen LogP contribution is -2.30. The van der Waals surface area contributed by atoms with E-state index in [1.54, 1.807) is 24.3 Å². The number of hydrogen-bond acceptors (Lipinski definition) is 3. The molecule has 0 amide bonds. The molecular formula is C16H18ClNO2. The van der Waals surface area contributed by atoms with Gasteiger partial charge in [0.1, 0.15) is 5.92 Å². The van der Waals surface area contributed by atoms with Crippen LogP contribution in [-0.4, -0.2) is 18.0 Å². The maximum absolute atomic E-state index is 12.7. The Balaban J connectivity index is 2.26. The number of carbonyl (C=O) groups is 1. The summed E-state index contributed by atoms with van der Waals surface area (Å²) in [4.78, 5) is 12.7. The Labute approximate surface area is 124 Å². The fourth-order valence-electron chi connectivity index (χ4n) is 2.91. The van der Waals surface area contributed by atoms with Gasteiger partial charge in [-0.05, 0) is 37.5 Å². The zero-order valence-corrected chi connectivity index (χ0v) is 12.6. The minimum atomic E-state index is -0.754. The number of rotatable bonds is 3. The lowest BCUT2D eigenvalue weighted by molar-refractivity contribution is -0.125. The molecule has 1 aliphatic rings. The maximum Gasteiger partial charge on any atom is 0.160 e. The third-order valence-corrected chi connectivity index (χ3v) is 4.44. The minimum absolute atomic E-state index is 0.0449. The molecule has 0 N–H and O–H groups in total. The van der Waals surface area contributed by atoms with E-state index in [-0.39, 0.29) is 29.8 Å². The van der Waals surface area contributed by atoms with Crippen LogP contribution < -0.4 is 0 Å². The number of halogens is 1. The molecule has 5 unspecified atom stereocenters. The molecule has 0 spiro atoms. The third kappa shape index (κ3) is 2.72. The number of nitrogens with zero attached hydrogens (tertiary/aromatic N) is 1. The first-order chi connectivity index (χ1) is 9.45. The van der Waals surface area contributed by atoms with Crippen LogP contribution in [0.15, 0.2) is 24.3 Å². The Morgan fingerprint density at radius 1 is 1.25 bits per heavy atom. The molecule has 20 heavy (non-hydrogen) atoms. The normalized spacial score (nSPS) is 30.8. The molecule has 1 aromatic carbocycles. The Bertz CT molecular complexity index is 534. The molecule has 106 valence electrons. The van der Waals surface area contributed by atoms with Crippen LogP contribution in [0.4, 0.5) is 0 Å². The molecule has 1 saturated heterocycles. The van der Waals surface area contributed by atoms with Gasteiger partial charge in [-0.1, -0.05) is 30.7 Å². The van der Waals surface area contributed by atoms with E-state index in [1.165, 1.54) is 0 Å². The SMILES string of the molecule is CC1OC(C)C(C(=O)C(C#N)c2ccc(Cl)cc2)C1C. The molecule has 1 fully saturated rings. The summed E-state index contributed by atoms with van der Waals surface area (Å²) >= 11 is 5.84. The van der Waals surface area contributed by atoms with Crippen molar-refractivity contribution in [3.05, 3.63) is 34.9 Å². The van der Waals surface area contributed by atoms with Gasteiger partial charge in [0.25, 0.3) is 0 Å². The van der Waals surface area contributed by atoms with Crippen LogP contribution in [0.2, 0.25) is 5.02 Å². The van der Waals surface area contributed by atoms with E-state index in [0.717, 1.165) is 0 Å². The zero-order chi connectivity index (χ0) is 14.9. The quantitative estimate of drug-likeness (QED) is 0.855. The van der Waals surface area contributed by atoms with Gasteiger partial charge in [-0.2, -0.15) is 5.26 Å². The number of ether oxygens (including phenoxy) is 1. The second-order valence-corrected chi connectivity index (χ2v) is 5.88.